The first-order valence-corrected chi connectivity index (χ1v) is 10.8. The summed E-state index contributed by atoms with van der Waals surface area (Å²) in [5.74, 6) is -0.501. The van der Waals surface area contributed by atoms with Crippen LogP contribution in [0.15, 0.2) is 34.9 Å². The van der Waals surface area contributed by atoms with E-state index < -0.39 is 11.9 Å². The second kappa shape index (κ2) is 8.64. The first-order chi connectivity index (χ1) is 14.8. The standard InChI is InChI=1S/C21H24BrN7O2/c1-13-17-18(29-9-7-27(2)8-10-29)16(12-23-19(17)28(3)26-13)20(30)25-21(31)24-15-6-4-5-14(22)11-15/h4-6,11-12H,7-10H2,1-3H3,(H2,24,25,30,31). The fourth-order valence-electron chi connectivity index (χ4n) is 3.82. The molecule has 0 atom stereocenters. The summed E-state index contributed by atoms with van der Waals surface area (Å²) in [6.07, 6.45) is 1.53. The van der Waals surface area contributed by atoms with Gasteiger partial charge in [-0.05, 0) is 32.2 Å². The summed E-state index contributed by atoms with van der Waals surface area (Å²) >= 11 is 3.37. The van der Waals surface area contributed by atoms with Gasteiger partial charge in [-0.2, -0.15) is 5.10 Å². The number of fused-ring (bicyclic) bond motifs is 1. The van der Waals surface area contributed by atoms with Crippen LogP contribution < -0.4 is 15.5 Å². The van der Waals surface area contributed by atoms with E-state index in [9.17, 15) is 9.59 Å². The average Bonchev–Trinajstić information content (AvgIpc) is 3.01. The monoisotopic (exact) mass is 485 g/mol. The minimum atomic E-state index is -0.601. The summed E-state index contributed by atoms with van der Waals surface area (Å²) in [6.45, 7) is 5.22. The van der Waals surface area contributed by atoms with E-state index in [1.165, 1.54) is 6.20 Å². The molecule has 0 spiro atoms. The maximum atomic E-state index is 13.1. The molecule has 2 N–H and O–H groups in total. The lowest BCUT2D eigenvalue weighted by Gasteiger charge is -2.35. The Morgan fingerprint density at radius 2 is 1.87 bits per heavy atom. The van der Waals surface area contributed by atoms with Crippen LogP contribution in [0.4, 0.5) is 16.2 Å². The number of aryl methyl sites for hydroxylation is 2. The van der Waals surface area contributed by atoms with Gasteiger partial charge in [0.05, 0.1) is 22.3 Å². The lowest BCUT2D eigenvalue weighted by Crippen LogP contribution is -2.45. The molecule has 0 bridgehead atoms. The molecule has 10 heteroatoms. The quantitative estimate of drug-likeness (QED) is 0.592. The molecule has 1 fully saturated rings. The second-order valence-corrected chi connectivity index (χ2v) is 8.55. The van der Waals surface area contributed by atoms with E-state index in [1.54, 1.807) is 22.9 Å². The van der Waals surface area contributed by atoms with Crippen molar-refractivity contribution in [2.45, 2.75) is 6.92 Å². The Labute approximate surface area is 188 Å². The van der Waals surface area contributed by atoms with Crippen LogP contribution >= 0.6 is 15.9 Å². The fraction of sp³-hybridized carbons (Fsp3) is 0.333. The number of rotatable bonds is 3. The molecule has 0 saturated carbocycles. The van der Waals surface area contributed by atoms with Crippen molar-refractivity contribution in [2.75, 3.05) is 43.4 Å². The molecule has 1 saturated heterocycles. The molecule has 0 radical (unpaired) electrons. The van der Waals surface area contributed by atoms with Gasteiger partial charge in [0.1, 0.15) is 0 Å². The minimum Gasteiger partial charge on any atom is -0.368 e. The predicted octanol–water partition coefficient (Wildman–Crippen LogP) is 2.75. The van der Waals surface area contributed by atoms with Gasteiger partial charge in [-0.15, -0.1) is 0 Å². The Hall–Kier alpha value is -2.98. The third-order valence-electron chi connectivity index (χ3n) is 5.37. The van der Waals surface area contributed by atoms with Crippen molar-refractivity contribution in [3.05, 3.63) is 46.2 Å². The van der Waals surface area contributed by atoms with E-state index in [-0.39, 0.29) is 0 Å². The van der Waals surface area contributed by atoms with E-state index >= 15 is 0 Å². The van der Waals surface area contributed by atoms with Gasteiger partial charge in [0.2, 0.25) is 0 Å². The van der Waals surface area contributed by atoms with Gasteiger partial charge in [-0.1, -0.05) is 22.0 Å². The van der Waals surface area contributed by atoms with Crippen LogP contribution in [0.2, 0.25) is 0 Å². The minimum absolute atomic E-state index is 0.359. The first kappa shape index (κ1) is 21.3. The highest BCUT2D eigenvalue weighted by Crippen LogP contribution is 2.32. The van der Waals surface area contributed by atoms with E-state index in [0.29, 0.717) is 16.9 Å². The summed E-state index contributed by atoms with van der Waals surface area (Å²) < 4.78 is 2.54. The number of likely N-dealkylation sites (N-methyl/N-ethyl adjacent to an activating group) is 1. The van der Waals surface area contributed by atoms with Crippen LogP contribution in [-0.2, 0) is 7.05 Å². The lowest BCUT2D eigenvalue weighted by atomic mass is 10.1. The highest BCUT2D eigenvalue weighted by atomic mass is 79.9. The van der Waals surface area contributed by atoms with Gasteiger partial charge < -0.3 is 15.1 Å². The van der Waals surface area contributed by atoms with Crippen LogP contribution in [0.1, 0.15) is 16.1 Å². The number of halogens is 1. The maximum Gasteiger partial charge on any atom is 0.326 e. The van der Waals surface area contributed by atoms with Crippen molar-refractivity contribution in [2.24, 2.45) is 7.05 Å². The van der Waals surface area contributed by atoms with Gasteiger partial charge in [-0.25, -0.2) is 9.78 Å². The number of hydrogen-bond donors (Lipinski definition) is 2. The lowest BCUT2D eigenvalue weighted by molar-refractivity contribution is 0.0967. The molecular weight excluding hydrogens is 462 g/mol. The number of imide groups is 1. The number of urea groups is 1. The van der Waals surface area contributed by atoms with Gasteiger partial charge in [0, 0.05) is 49.6 Å². The fourth-order valence-corrected chi connectivity index (χ4v) is 4.22. The number of pyridine rings is 1. The number of aromatic nitrogens is 3. The second-order valence-electron chi connectivity index (χ2n) is 7.64. The Morgan fingerprint density at radius 1 is 1.13 bits per heavy atom. The van der Waals surface area contributed by atoms with Crippen LogP contribution in [-0.4, -0.2) is 64.8 Å². The largest absolute Gasteiger partial charge is 0.368 e. The zero-order valence-corrected chi connectivity index (χ0v) is 19.2. The number of carbonyl (C=O) groups is 2. The molecule has 3 heterocycles. The Morgan fingerprint density at radius 3 is 2.58 bits per heavy atom. The molecule has 1 aliphatic rings. The smallest absolute Gasteiger partial charge is 0.326 e. The molecule has 1 aliphatic heterocycles. The van der Waals surface area contributed by atoms with Gasteiger partial charge in [0.15, 0.2) is 5.65 Å². The van der Waals surface area contributed by atoms with E-state index in [1.807, 2.05) is 20.0 Å². The third-order valence-corrected chi connectivity index (χ3v) is 5.87. The summed E-state index contributed by atoms with van der Waals surface area (Å²) in [5, 5.41) is 10.4. The van der Waals surface area contributed by atoms with Crippen LogP contribution in [0, 0.1) is 6.92 Å². The van der Waals surface area contributed by atoms with E-state index in [0.717, 1.165) is 47.4 Å². The summed E-state index contributed by atoms with van der Waals surface area (Å²) in [4.78, 5) is 34.5. The SMILES string of the molecule is Cc1nn(C)c2ncc(C(=O)NC(=O)Nc3cccc(Br)c3)c(N3CCN(C)CC3)c12. The molecule has 2 aromatic heterocycles. The molecule has 31 heavy (non-hydrogen) atoms. The van der Waals surface area contributed by atoms with Crippen molar-refractivity contribution in [1.29, 1.82) is 0 Å². The zero-order chi connectivity index (χ0) is 22.1. The van der Waals surface area contributed by atoms with Crippen LogP contribution in [0.25, 0.3) is 11.0 Å². The normalized spacial score (nSPS) is 14.6. The Bertz CT molecular complexity index is 1150. The van der Waals surface area contributed by atoms with Crippen LogP contribution in [0.5, 0.6) is 0 Å². The number of carbonyl (C=O) groups excluding carboxylic acids is 2. The summed E-state index contributed by atoms with van der Waals surface area (Å²) in [5.41, 5.74) is 3.22. The number of nitrogens with zero attached hydrogens (tertiary/aromatic N) is 5. The van der Waals surface area contributed by atoms with Crippen LogP contribution in [0.3, 0.4) is 0 Å². The number of hydrogen-bond acceptors (Lipinski definition) is 6. The highest BCUT2D eigenvalue weighted by Gasteiger charge is 2.26. The van der Waals surface area contributed by atoms with Crippen molar-refractivity contribution >= 4 is 50.3 Å². The number of anilines is 2. The molecular formula is C21H24BrN7O2. The average molecular weight is 486 g/mol. The maximum absolute atomic E-state index is 13.1. The molecule has 9 nitrogen and oxygen atoms in total. The zero-order valence-electron chi connectivity index (χ0n) is 17.6. The number of amides is 3. The topological polar surface area (TPSA) is 95.4 Å². The third kappa shape index (κ3) is 4.40. The van der Waals surface area contributed by atoms with Gasteiger partial charge >= 0.3 is 6.03 Å². The number of nitrogens with one attached hydrogen (secondary N) is 2. The molecule has 0 aliphatic carbocycles. The summed E-state index contributed by atoms with van der Waals surface area (Å²) in [7, 11) is 3.91. The molecule has 0 unspecified atom stereocenters. The number of benzene rings is 1. The Balaban J connectivity index is 1.66. The van der Waals surface area contributed by atoms with Gasteiger partial charge in [0.25, 0.3) is 5.91 Å². The van der Waals surface area contributed by atoms with E-state index in [2.05, 4.69) is 53.5 Å². The Kier molecular flexibility index (Phi) is 5.92. The number of piperazine rings is 1. The first-order valence-electron chi connectivity index (χ1n) is 9.97. The molecule has 1 aromatic carbocycles. The highest BCUT2D eigenvalue weighted by molar-refractivity contribution is 9.10. The van der Waals surface area contributed by atoms with Crippen molar-refractivity contribution in [1.82, 2.24) is 25.0 Å². The molecule has 4 rings (SSSR count). The van der Waals surface area contributed by atoms with Gasteiger partial charge in [-0.3, -0.25) is 14.8 Å². The molecule has 162 valence electrons. The van der Waals surface area contributed by atoms with Crippen molar-refractivity contribution in [3.8, 4) is 0 Å². The summed E-state index contributed by atoms with van der Waals surface area (Å²) in [6, 6.07) is 6.56. The van der Waals surface area contributed by atoms with Crippen molar-refractivity contribution in [3.63, 3.8) is 0 Å². The van der Waals surface area contributed by atoms with Crippen molar-refractivity contribution < 1.29 is 9.59 Å². The molecule has 3 amide bonds. The predicted molar refractivity (Wildman–Crippen MR) is 124 cm³/mol. The van der Waals surface area contributed by atoms with E-state index in [4.69, 9.17) is 0 Å². The molecule has 3 aromatic rings.